The van der Waals surface area contributed by atoms with Crippen LogP contribution in [0.15, 0.2) is 9.59 Å². The highest BCUT2D eigenvalue weighted by Gasteiger charge is 2.25. The summed E-state index contributed by atoms with van der Waals surface area (Å²) in [7, 11) is 4.87. The Morgan fingerprint density at radius 3 is 2.45 bits per heavy atom. The summed E-state index contributed by atoms with van der Waals surface area (Å²) in [5, 5.41) is 0. The molecule has 2 aromatic heterocycles. The van der Waals surface area contributed by atoms with Crippen molar-refractivity contribution in [3.05, 3.63) is 20.8 Å². The van der Waals surface area contributed by atoms with Crippen molar-refractivity contribution >= 4 is 17.1 Å². The number of nitrogens with one attached hydrogen (secondary N) is 1. The average molecular weight is 280 g/mol. The van der Waals surface area contributed by atoms with Gasteiger partial charge in [-0.15, -0.1) is 0 Å². The molecule has 110 valence electrons. The number of H-pyrrole nitrogens is 1. The van der Waals surface area contributed by atoms with E-state index in [0.717, 1.165) is 4.57 Å². The lowest BCUT2D eigenvalue weighted by molar-refractivity contribution is 0.492. The molecule has 8 nitrogen and oxygen atoms in total. The van der Waals surface area contributed by atoms with E-state index >= 15 is 0 Å². The molecule has 0 bridgehead atoms. The lowest BCUT2D eigenvalue weighted by atomic mass is 10.1. The van der Waals surface area contributed by atoms with Gasteiger partial charge in [-0.2, -0.15) is 4.98 Å². The molecular formula is C12H20N6O2. The fourth-order valence-corrected chi connectivity index (χ4v) is 1.90. The zero-order chi connectivity index (χ0) is 15.2. The lowest BCUT2D eigenvalue weighted by Gasteiger charge is -2.34. The first kappa shape index (κ1) is 14.3. The minimum atomic E-state index is -0.402. The number of aryl methyl sites for hydroxylation is 1. The zero-order valence-corrected chi connectivity index (χ0v) is 12.4. The van der Waals surface area contributed by atoms with Gasteiger partial charge in [0.25, 0.3) is 5.56 Å². The van der Waals surface area contributed by atoms with Gasteiger partial charge in [0, 0.05) is 33.2 Å². The maximum atomic E-state index is 12.1. The molecule has 2 rings (SSSR count). The van der Waals surface area contributed by atoms with Crippen LogP contribution in [0.4, 0.5) is 5.95 Å². The van der Waals surface area contributed by atoms with Crippen molar-refractivity contribution in [1.82, 2.24) is 19.1 Å². The summed E-state index contributed by atoms with van der Waals surface area (Å²) in [5.74, 6) is 0.508. The van der Waals surface area contributed by atoms with E-state index in [1.807, 2.05) is 25.8 Å². The molecule has 0 saturated carbocycles. The molecule has 0 amide bonds. The van der Waals surface area contributed by atoms with Gasteiger partial charge in [-0.3, -0.25) is 13.9 Å². The van der Waals surface area contributed by atoms with Crippen LogP contribution in [-0.4, -0.2) is 38.2 Å². The van der Waals surface area contributed by atoms with Crippen molar-refractivity contribution in [2.24, 2.45) is 19.8 Å². The highest BCUT2D eigenvalue weighted by atomic mass is 16.2. The third-order valence-corrected chi connectivity index (χ3v) is 3.81. The van der Waals surface area contributed by atoms with Crippen molar-refractivity contribution in [2.75, 3.05) is 18.5 Å². The highest BCUT2D eigenvalue weighted by Crippen LogP contribution is 2.19. The van der Waals surface area contributed by atoms with Crippen LogP contribution in [0, 0.1) is 0 Å². The number of hydrogen-bond acceptors (Lipinski definition) is 5. The summed E-state index contributed by atoms with van der Waals surface area (Å²) in [4.78, 5) is 33.2. The molecule has 2 aromatic rings. The van der Waals surface area contributed by atoms with Gasteiger partial charge in [0.1, 0.15) is 0 Å². The van der Waals surface area contributed by atoms with Crippen LogP contribution in [0.1, 0.15) is 13.8 Å². The van der Waals surface area contributed by atoms with Crippen molar-refractivity contribution in [3.63, 3.8) is 0 Å². The number of aromatic amines is 1. The van der Waals surface area contributed by atoms with Gasteiger partial charge in [0.15, 0.2) is 11.2 Å². The Morgan fingerprint density at radius 2 is 1.90 bits per heavy atom. The smallest absolute Gasteiger partial charge is 0.332 e. The second kappa shape index (κ2) is 4.48. The third-order valence-electron chi connectivity index (χ3n) is 3.81. The molecule has 0 unspecified atom stereocenters. The Bertz CT molecular complexity index is 767. The van der Waals surface area contributed by atoms with Crippen molar-refractivity contribution in [1.29, 1.82) is 0 Å². The molecule has 8 heteroatoms. The van der Waals surface area contributed by atoms with E-state index in [0.29, 0.717) is 23.7 Å². The number of fused-ring (bicyclic) bond motifs is 1. The summed E-state index contributed by atoms with van der Waals surface area (Å²) in [5.41, 5.74) is 5.28. The fraction of sp³-hybridized carbons (Fsp3) is 0.583. The van der Waals surface area contributed by atoms with E-state index in [9.17, 15) is 9.59 Å². The molecule has 0 saturated heterocycles. The van der Waals surface area contributed by atoms with Crippen molar-refractivity contribution < 1.29 is 0 Å². The van der Waals surface area contributed by atoms with Gasteiger partial charge >= 0.3 is 5.69 Å². The SMILES string of the molecule is CN(c1nc2c([nH]1)c(=O)n(C)c(=O)n2C)C(C)(C)CN. The van der Waals surface area contributed by atoms with Crippen LogP contribution in [0.2, 0.25) is 0 Å². The van der Waals surface area contributed by atoms with Crippen molar-refractivity contribution in [2.45, 2.75) is 19.4 Å². The number of anilines is 1. The van der Waals surface area contributed by atoms with Gasteiger partial charge in [-0.05, 0) is 13.8 Å². The van der Waals surface area contributed by atoms with E-state index in [1.165, 1.54) is 11.6 Å². The van der Waals surface area contributed by atoms with Crippen LogP contribution in [0.25, 0.3) is 11.2 Å². The number of aromatic nitrogens is 4. The number of imidazole rings is 1. The molecule has 0 fully saturated rings. The Hall–Kier alpha value is -2.09. The molecule has 0 aliphatic heterocycles. The molecule has 2 heterocycles. The summed E-state index contributed by atoms with van der Waals surface area (Å²) < 4.78 is 2.40. The predicted molar refractivity (Wildman–Crippen MR) is 78.1 cm³/mol. The average Bonchev–Trinajstić information content (AvgIpc) is 2.87. The fourth-order valence-electron chi connectivity index (χ4n) is 1.90. The maximum Gasteiger partial charge on any atom is 0.332 e. The number of hydrogen-bond donors (Lipinski definition) is 2. The lowest BCUT2D eigenvalue weighted by Crippen LogP contribution is -2.47. The standard InChI is InChI=1S/C12H20N6O2/c1-12(2,6-13)18(5)10-14-7-8(15-10)16(3)11(20)17(4)9(7)19/h6,13H2,1-5H3,(H,14,15). The van der Waals surface area contributed by atoms with Gasteiger partial charge in [-0.1, -0.05) is 0 Å². The largest absolute Gasteiger partial charge is 0.339 e. The Balaban J connectivity index is 2.73. The Kier molecular flexibility index (Phi) is 3.21. The molecule has 0 atom stereocenters. The first-order valence-corrected chi connectivity index (χ1v) is 6.30. The Labute approximate surface area is 115 Å². The first-order valence-electron chi connectivity index (χ1n) is 6.30. The van der Waals surface area contributed by atoms with Crippen LogP contribution >= 0.6 is 0 Å². The van der Waals surface area contributed by atoms with Gasteiger partial charge < -0.3 is 15.6 Å². The molecule has 0 aliphatic carbocycles. The molecule has 0 spiro atoms. The first-order chi connectivity index (χ1) is 9.20. The minimum absolute atomic E-state index is 0.310. The van der Waals surface area contributed by atoms with Gasteiger partial charge in [0.05, 0.1) is 0 Å². The van der Waals surface area contributed by atoms with Gasteiger partial charge in [0.2, 0.25) is 5.95 Å². The van der Waals surface area contributed by atoms with Crippen LogP contribution in [-0.2, 0) is 14.1 Å². The van der Waals surface area contributed by atoms with Crippen LogP contribution in [0.3, 0.4) is 0 Å². The molecule has 20 heavy (non-hydrogen) atoms. The number of rotatable bonds is 3. The van der Waals surface area contributed by atoms with E-state index < -0.39 is 5.69 Å². The number of likely N-dealkylation sites (N-methyl/N-ethyl adjacent to an activating group) is 1. The minimum Gasteiger partial charge on any atom is -0.339 e. The number of nitrogens with zero attached hydrogens (tertiary/aromatic N) is 4. The second-order valence-corrected chi connectivity index (χ2v) is 5.54. The van der Waals surface area contributed by atoms with E-state index in [-0.39, 0.29) is 11.1 Å². The van der Waals surface area contributed by atoms with Crippen LogP contribution < -0.4 is 21.9 Å². The molecule has 0 aromatic carbocycles. The summed E-state index contributed by atoms with van der Waals surface area (Å²) in [6.45, 7) is 4.37. The third kappa shape index (κ3) is 1.92. The normalized spacial score (nSPS) is 12.1. The van der Waals surface area contributed by atoms with E-state index in [1.54, 1.807) is 7.05 Å². The maximum absolute atomic E-state index is 12.1. The van der Waals surface area contributed by atoms with Gasteiger partial charge in [-0.25, -0.2) is 4.79 Å². The predicted octanol–water partition coefficient (Wildman–Crippen LogP) is -0.866. The highest BCUT2D eigenvalue weighted by molar-refractivity contribution is 5.73. The molecule has 0 radical (unpaired) electrons. The van der Waals surface area contributed by atoms with Crippen LogP contribution in [0.5, 0.6) is 0 Å². The van der Waals surface area contributed by atoms with E-state index in [4.69, 9.17) is 5.73 Å². The topological polar surface area (TPSA) is 102 Å². The Morgan fingerprint density at radius 1 is 1.30 bits per heavy atom. The second-order valence-electron chi connectivity index (χ2n) is 5.54. The quantitative estimate of drug-likeness (QED) is 0.761. The molecular weight excluding hydrogens is 260 g/mol. The number of nitrogens with two attached hydrogens (primary N) is 1. The zero-order valence-electron chi connectivity index (χ0n) is 12.4. The monoisotopic (exact) mass is 280 g/mol. The molecule has 0 aliphatic rings. The summed E-state index contributed by atoms with van der Waals surface area (Å²) >= 11 is 0. The van der Waals surface area contributed by atoms with Crippen molar-refractivity contribution in [3.8, 4) is 0 Å². The molecule has 3 N–H and O–H groups in total. The summed E-state index contributed by atoms with van der Waals surface area (Å²) in [6.07, 6.45) is 0. The summed E-state index contributed by atoms with van der Waals surface area (Å²) in [6, 6.07) is 0. The van der Waals surface area contributed by atoms with E-state index in [2.05, 4.69) is 9.97 Å².